The Bertz CT molecular complexity index is 1790. The van der Waals surface area contributed by atoms with Crippen molar-refractivity contribution in [2.24, 2.45) is 0 Å². The first-order valence-corrected chi connectivity index (χ1v) is 14.6. The number of Topliss-reactive ketones (excluding diaryl/α,β-unsaturated/α-hetero) is 1. The highest BCUT2D eigenvalue weighted by Crippen LogP contribution is 2.44. The zero-order valence-corrected chi connectivity index (χ0v) is 23.5. The molecule has 4 aromatic carbocycles. The van der Waals surface area contributed by atoms with Crippen LogP contribution in [0.2, 0.25) is 0 Å². The number of carbonyl (C=O) groups excluding carboxylic acids is 2. The molecule has 2 heterocycles. The van der Waals surface area contributed by atoms with Gasteiger partial charge in [0.2, 0.25) is 5.13 Å². The maximum atomic E-state index is 13.5. The van der Waals surface area contributed by atoms with E-state index >= 15 is 0 Å². The second-order valence-corrected chi connectivity index (χ2v) is 11.9. The summed E-state index contributed by atoms with van der Waals surface area (Å²) in [6, 6.07) is 28.5. The highest BCUT2D eigenvalue weighted by Gasteiger charge is 2.48. The molecule has 1 saturated heterocycles. The van der Waals surface area contributed by atoms with Crippen molar-refractivity contribution in [1.29, 1.82) is 0 Å². The van der Waals surface area contributed by atoms with Crippen molar-refractivity contribution in [2.45, 2.75) is 30.0 Å². The zero-order chi connectivity index (χ0) is 27.8. The topological polar surface area (TPSA) is 83.4 Å². The molecule has 1 N–H and O–H groups in total. The fourth-order valence-electron chi connectivity index (χ4n) is 5.03. The van der Waals surface area contributed by atoms with Gasteiger partial charge in [-0.25, -0.2) is 0 Å². The fourth-order valence-corrected chi connectivity index (χ4v) is 6.90. The lowest BCUT2D eigenvalue weighted by Gasteiger charge is -2.22. The molecule has 1 atom stereocenters. The van der Waals surface area contributed by atoms with Gasteiger partial charge in [-0.05, 0) is 47.4 Å². The summed E-state index contributed by atoms with van der Waals surface area (Å²) in [7, 11) is 0. The standard InChI is InChI=1S/C32H25N3O3S2/c1-19-15-16-20(2)25(17-19)28(36)26-27(22-10-4-3-5-11-22)35(30(38)29(26)37)31-33-34-32(40-31)39-18-23-13-8-12-21-9-6-7-14-24(21)23/h3-17,27,36H,18H2,1-2H3. The van der Waals surface area contributed by atoms with Gasteiger partial charge < -0.3 is 5.11 Å². The van der Waals surface area contributed by atoms with E-state index in [1.807, 2.05) is 80.6 Å². The molecule has 1 fully saturated rings. The summed E-state index contributed by atoms with van der Waals surface area (Å²) in [6.45, 7) is 3.79. The smallest absolute Gasteiger partial charge is 0.301 e. The first-order chi connectivity index (χ1) is 19.4. The number of aromatic nitrogens is 2. The quantitative estimate of drug-likeness (QED) is 0.0772. The Balaban J connectivity index is 1.37. The van der Waals surface area contributed by atoms with E-state index in [1.54, 1.807) is 0 Å². The summed E-state index contributed by atoms with van der Waals surface area (Å²) in [5.74, 6) is -0.982. The molecule has 8 heteroatoms. The van der Waals surface area contributed by atoms with Crippen LogP contribution in [-0.2, 0) is 15.3 Å². The molecule has 0 bridgehead atoms. The van der Waals surface area contributed by atoms with Crippen LogP contribution < -0.4 is 4.90 Å². The molecule has 1 amide bonds. The van der Waals surface area contributed by atoms with Crippen LogP contribution >= 0.6 is 23.1 Å². The molecule has 1 aromatic heterocycles. The number of nitrogens with zero attached hydrogens (tertiary/aromatic N) is 3. The Morgan fingerprint density at radius 1 is 0.925 bits per heavy atom. The fraction of sp³-hybridized carbons (Fsp3) is 0.125. The number of fused-ring (bicyclic) bond motifs is 1. The average molecular weight is 564 g/mol. The van der Waals surface area contributed by atoms with Crippen molar-refractivity contribution in [3.05, 3.63) is 124 Å². The molecule has 1 aliphatic rings. The SMILES string of the molecule is Cc1ccc(C)c(C(O)=C2C(=O)C(=O)N(c3nnc(SCc4cccc5ccccc45)s3)C2c2ccccc2)c1. The molecule has 5 aromatic rings. The number of aliphatic hydroxyl groups excluding tert-OH is 1. The molecule has 1 aliphatic heterocycles. The number of rotatable bonds is 6. The van der Waals surface area contributed by atoms with E-state index in [0.717, 1.165) is 11.1 Å². The number of thioether (sulfide) groups is 1. The predicted molar refractivity (Wildman–Crippen MR) is 161 cm³/mol. The van der Waals surface area contributed by atoms with Crippen LogP contribution in [0.15, 0.2) is 101 Å². The largest absolute Gasteiger partial charge is 0.507 e. The van der Waals surface area contributed by atoms with Gasteiger partial charge >= 0.3 is 5.91 Å². The molecule has 0 saturated carbocycles. The third-order valence-electron chi connectivity index (χ3n) is 7.04. The van der Waals surface area contributed by atoms with Crippen LogP contribution in [-0.4, -0.2) is 27.0 Å². The van der Waals surface area contributed by atoms with E-state index < -0.39 is 17.7 Å². The van der Waals surface area contributed by atoms with E-state index in [1.165, 1.54) is 44.3 Å². The highest BCUT2D eigenvalue weighted by atomic mass is 32.2. The van der Waals surface area contributed by atoms with Gasteiger partial charge in [0.25, 0.3) is 5.78 Å². The Morgan fingerprint density at radius 2 is 1.68 bits per heavy atom. The van der Waals surface area contributed by atoms with Crippen LogP contribution in [0.5, 0.6) is 0 Å². The van der Waals surface area contributed by atoms with Crippen molar-refractivity contribution in [3.8, 4) is 0 Å². The Labute approximate surface area is 240 Å². The summed E-state index contributed by atoms with van der Waals surface area (Å²) < 4.78 is 0.686. The van der Waals surface area contributed by atoms with Crippen molar-refractivity contribution >= 4 is 56.5 Å². The third-order valence-corrected chi connectivity index (χ3v) is 9.15. The van der Waals surface area contributed by atoms with E-state index in [4.69, 9.17) is 0 Å². The van der Waals surface area contributed by atoms with Crippen molar-refractivity contribution in [3.63, 3.8) is 0 Å². The van der Waals surface area contributed by atoms with Crippen LogP contribution in [0, 0.1) is 13.8 Å². The van der Waals surface area contributed by atoms with Crippen LogP contribution in [0.4, 0.5) is 5.13 Å². The Kier molecular flexibility index (Phi) is 6.96. The molecular formula is C32H25N3O3S2. The van der Waals surface area contributed by atoms with Gasteiger partial charge in [0.1, 0.15) is 5.76 Å². The lowest BCUT2D eigenvalue weighted by atomic mass is 9.93. The minimum absolute atomic E-state index is 0.0464. The maximum absolute atomic E-state index is 13.5. The zero-order valence-electron chi connectivity index (χ0n) is 21.9. The maximum Gasteiger partial charge on any atom is 0.301 e. The Hall–Kier alpha value is -4.27. The first-order valence-electron chi connectivity index (χ1n) is 12.8. The molecule has 6 nitrogen and oxygen atoms in total. The molecule has 40 heavy (non-hydrogen) atoms. The second kappa shape index (κ2) is 10.7. The highest BCUT2D eigenvalue weighted by molar-refractivity contribution is 8.00. The van der Waals surface area contributed by atoms with Gasteiger partial charge in [0.15, 0.2) is 4.34 Å². The summed E-state index contributed by atoms with van der Waals surface area (Å²) in [5.41, 5.74) is 4.21. The van der Waals surface area contributed by atoms with Crippen LogP contribution in [0.1, 0.15) is 33.9 Å². The lowest BCUT2D eigenvalue weighted by molar-refractivity contribution is -0.132. The summed E-state index contributed by atoms with van der Waals surface area (Å²) >= 11 is 2.80. The van der Waals surface area contributed by atoms with E-state index in [0.29, 0.717) is 26.4 Å². The van der Waals surface area contributed by atoms with Crippen LogP contribution in [0.3, 0.4) is 0 Å². The van der Waals surface area contributed by atoms with Crippen molar-refractivity contribution in [2.75, 3.05) is 4.90 Å². The average Bonchev–Trinajstić information content (AvgIpc) is 3.55. The summed E-state index contributed by atoms with van der Waals surface area (Å²) in [4.78, 5) is 28.3. The van der Waals surface area contributed by atoms with Gasteiger partial charge in [-0.15, -0.1) is 10.2 Å². The molecule has 0 aliphatic carbocycles. The molecule has 1 unspecified atom stereocenters. The van der Waals surface area contributed by atoms with Gasteiger partial charge in [-0.2, -0.15) is 0 Å². The summed E-state index contributed by atoms with van der Waals surface area (Å²) in [5, 5.41) is 22.8. The molecule has 0 spiro atoms. The first kappa shape index (κ1) is 26.0. The number of carbonyl (C=O) groups is 2. The van der Waals surface area contributed by atoms with Crippen LogP contribution in [0.25, 0.3) is 16.5 Å². The molecular weight excluding hydrogens is 539 g/mol. The minimum Gasteiger partial charge on any atom is -0.507 e. The number of benzene rings is 4. The lowest BCUT2D eigenvalue weighted by Crippen LogP contribution is -2.29. The number of aliphatic hydroxyl groups is 1. The van der Waals surface area contributed by atoms with Gasteiger partial charge in [-0.3, -0.25) is 14.5 Å². The number of anilines is 1. The number of aryl methyl sites for hydroxylation is 2. The monoisotopic (exact) mass is 563 g/mol. The predicted octanol–water partition coefficient (Wildman–Crippen LogP) is 7.23. The summed E-state index contributed by atoms with van der Waals surface area (Å²) in [6.07, 6.45) is 0. The Morgan fingerprint density at radius 3 is 2.50 bits per heavy atom. The van der Waals surface area contributed by atoms with Gasteiger partial charge in [0.05, 0.1) is 11.6 Å². The number of amides is 1. The normalized spacial score (nSPS) is 16.6. The minimum atomic E-state index is -0.829. The van der Waals surface area contributed by atoms with Gasteiger partial charge in [0, 0.05) is 11.3 Å². The number of ketones is 1. The van der Waals surface area contributed by atoms with E-state index in [-0.39, 0.29) is 11.3 Å². The molecule has 6 rings (SSSR count). The number of hydrogen-bond donors (Lipinski definition) is 1. The third kappa shape index (κ3) is 4.69. The van der Waals surface area contributed by atoms with Gasteiger partial charge in [-0.1, -0.05) is 114 Å². The number of hydrogen-bond acceptors (Lipinski definition) is 7. The van der Waals surface area contributed by atoms with Crippen molar-refractivity contribution in [1.82, 2.24) is 10.2 Å². The van der Waals surface area contributed by atoms with E-state index in [9.17, 15) is 14.7 Å². The molecule has 198 valence electrons. The second-order valence-electron chi connectivity index (χ2n) is 9.68. The van der Waals surface area contributed by atoms with Crippen molar-refractivity contribution < 1.29 is 14.7 Å². The molecule has 0 radical (unpaired) electrons. The van der Waals surface area contributed by atoms with E-state index in [2.05, 4.69) is 34.5 Å².